The number of carbonyl (C=O) groups is 3. The Morgan fingerprint density at radius 3 is 2.17 bits per heavy atom. The van der Waals surface area contributed by atoms with E-state index in [1.165, 1.54) is 0 Å². The molecule has 2 amide bonds. The van der Waals surface area contributed by atoms with E-state index in [-0.39, 0.29) is 25.0 Å². The Kier molecular flexibility index (Phi) is 5.73. The Morgan fingerprint density at radius 1 is 1.03 bits per heavy atom. The lowest BCUT2D eigenvalue weighted by molar-refractivity contribution is -0.162. The summed E-state index contributed by atoms with van der Waals surface area (Å²) >= 11 is 0. The fourth-order valence-electron chi connectivity index (χ4n) is 6.04. The number of alkyl carbamates (subject to hydrolysis) is 1. The lowest BCUT2D eigenvalue weighted by atomic mass is 9.85. The highest BCUT2D eigenvalue weighted by molar-refractivity contribution is 5.87. The van der Waals surface area contributed by atoms with Crippen molar-refractivity contribution in [2.45, 2.75) is 55.5 Å². The molecule has 0 spiro atoms. The predicted octanol–water partition coefficient (Wildman–Crippen LogP) is 4.16. The van der Waals surface area contributed by atoms with E-state index in [4.69, 9.17) is 4.74 Å². The van der Waals surface area contributed by atoms with E-state index in [9.17, 15) is 28.3 Å². The monoisotopic (exact) mass is 484 g/mol. The minimum Gasteiger partial charge on any atom is -0.481 e. The van der Waals surface area contributed by atoms with Gasteiger partial charge in [-0.25, -0.2) is 4.79 Å². The molecule has 0 aromatic heterocycles. The highest BCUT2D eigenvalue weighted by atomic mass is 19.3. The van der Waals surface area contributed by atoms with Gasteiger partial charge in [0.05, 0.1) is 18.5 Å². The molecular formula is C26H26F2N2O5. The van der Waals surface area contributed by atoms with E-state index < -0.39 is 36.0 Å². The minimum absolute atomic E-state index is 0.0324. The van der Waals surface area contributed by atoms with Crippen molar-refractivity contribution in [3.8, 4) is 11.1 Å². The maximum Gasteiger partial charge on any atom is 0.407 e. The van der Waals surface area contributed by atoms with Crippen LogP contribution in [-0.2, 0) is 14.3 Å². The van der Waals surface area contributed by atoms with Gasteiger partial charge < -0.3 is 20.1 Å². The lowest BCUT2D eigenvalue weighted by Crippen LogP contribution is -2.55. The zero-order valence-electron chi connectivity index (χ0n) is 19.0. The van der Waals surface area contributed by atoms with Crippen molar-refractivity contribution in [2.24, 2.45) is 0 Å². The quantitative estimate of drug-likeness (QED) is 0.615. The van der Waals surface area contributed by atoms with E-state index in [0.29, 0.717) is 25.7 Å². The molecule has 9 heteroatoms. The fourth-order valence-corrected chi connectivity index (χ4v) is 6.04. The number of hydrogen-bond acceptors (Lipinski definition) is 4. The molecule has 2 saturated heterocycles. The largest absolute Gasteiger partial charge is 0.481 e. The highest BCUT2D eigenvalue weighted by Crippen LogP contribution is 2.50. The Bertz CT molecular complexity index is 1130. The summed E-state index contributed by atoms with van der Waals surface area (Å²) in [5.41, 5.74) is 3.01. The number of halogens is 2. The second-order valence-electron chi connectivity index (χ2n) is 9.58. The van der Waals surface area contributed by atoms with Crippen LogP contribution in [0.1, 0.15) is 49.1 Å². The summed E-state index contributed by atoms with van der Waals surface area (Å²) in [6.45, 7) is -1.25. The molecule has 2 heterocycles. The van der Waals surface area contributed by atoms with Crippen molar-refractivity contribution in [3.05, 3.63) is 59.7 Å². The van der Waals surface area contributed by atoms with Crippen LogP contribution in [0.4, 0.5) is 13.6 Å². The summed E-state index contributed by atoms with van der Waals surface area (Å²) in [7, 11) is 0. The summed E-state index contributed by atoms with van der Waals surface area (Å²) in [5.74, 6) is -6.64. The molecule has 2 aromatic carbocycles. The topological polar surface area (TPSA) is 95.9 Å². The number of rotatable bonds is 7. The van der Waals surface area contributed by atoms with Gasteiger partial charge in [0.25, 0.3) is 5.91 Å². The fraction of sp³-hybridized carbons (Fsp3) is 0.423. The molecule has 2 bridgehead atoms. The van der Waals surface area contributed by atoms with Gasteiger partial charge in [-0.2, -0.15) is 8.78 Å². The number of hydrogen-bond donors (Lipinski definition) is 2. The molecule has 184 valence electrons. The number of amides is 2. The number of carboxylic acids is 1. The van der Waals surface area contributed by atoms with Gasteiger partial charge in [0.15, 0.2) is 0 Å². The molecule has 0 saturated carbocycles. The lowest BCUT2D eigenvalue weighted by Gasteiger charge is -2.35. The summed E-state index contributed by atoms with van der Waals surface area (Å²) < 4.78 is 35.0. The van der Waals surface area contributed by atoms with Crippen LogP contribution in [0.2, 0.25) is 0 Å². The first-order valence-electron chi connectivity index (χ1n) is 11.7. The SMILES string of the molecule is O=C(O)CC12CCC(CC1)N2C(=O)C(F)(F)CNC(=O)OCC1c2ccccc2-c2ccccc21. The molecule has 2 N–H and O–H groups in total. The van der Waals surface area contributed by atoms with Gasteiger partial charge in [-0.05, 0) is 47.9 Å². The smallest absolute Gasteiger partial charge is 0.407 e. The third-order valence-electron chi connectivity index (χ3n) is 7.57. The van der Waals surface area contributed by atoms with Crippen LogP contribution in [-0.4, -0.2) is 58.6 Å². The first kappa shape index (κ1) is 23.3. The van der Waals surface area contributed by atoms with Gasteiger partial charge in [0.2, 0.25) is 0 Å². The van der Waals surface area contributed by atoms with Crippen molar-refractivity contribution in [1.29, 1.82) is 0 Å². The standard InChI is InChI=1S/C26H26F2N2O5/c27-26(28,23(33)30-16-9-11-25(30,12-10-16)13-22(31)32)15-29-24(34)35-14-21-19-7-3-1-5-17(19)18-6-2-4-8-20(18)21/h1-8,16,21H,9-15H2,(H,29,34)(H,31,32). The summed E-state index contributed by atoms with van der Waals surface area (Å²) in [5, 5.41) is 11.3. The normalized spacial score (nSPS) is 22.6. The molecule has 7 nitrogen and oxygen atoms in total. The van der Waals surface area contributed by atoms with Crippen LogP contribution in [0.5, 0.6) is 0 Å². The number of benzene rings is 2. The number of carbonyl (C=O) groups excluding carboxylic acids is 2. The molecule has 0 unspecified atom stereocenters. The molecule has 0 radical (unpaired) electrons. The Hall–Kier alpha value is -3.49. The number of aliphatic carboxylic acids is 1. The molecule has 35 heavy (non-hydrogen) atoms. The van der Waals surface area contributed by atoms with Gasteiger partial charge >= 0.3 is 18.0 Å². The Labute approximate surface area is 201 Å². The molecule has 5 rings (SSSR count). The van der Waals surface area contributed by atoms with Crippen LogP contribution in [0.25, 0.3) is 11.1 Å². The average Bonchev–Trinajstić information content (AvgIpc) is 3.47. The average molecular weight is 484 g/mol. The van der Waals surface area contributed by atoms with E-state index in [1.807, 2.05) is 53.8 Å². The molecule has 2 fully saturated rings. The number of fused-ring (bicyclic) bond motifs is 5. The van der Waals surface area contributed by atoms with Crippen molar-refractivity contribution in [1.82, 2.24) is 10.2 Å². The second-order valence-corrected chi connectivity index (χ2v) is 9.58. The van der Waals surface area contributed by atoms with Crippen LogP contribution < -0.4 is 5.32 Å². The Morgan fingerprint density at radius 2 is 1.60 bits per heavy atom. The summed E-state index contributed by atoms with van der Waals surface area (Å²) in [4.78, 5) is 37.4. The summed E-state index contributed by atoms with van der Waals surface area (Å²) in [6, 6.07) is 15.1. The van der Waals surface area contributed by atoms with E-state index in [2.05, 4.69) is 0 Å². The second kappa shape index (κ2) is 8.62. The van der Waals surface area contributed by atoms with Gasteiger partial charge in [0, 0.05) is 12.0 Å². The van der Waals surface area contributed by atoms with Crippen molar-refractivity contribution >= 4 is 18.0 Å². The minimum atomic E-state index is -3.87. The highest BCUT2D eigenvalue weighted by Gasteiger charge is 2.59. The van der Waals surface area contributed by atoms with E-state index in [1.54, 1.807) is 0 Å². The first-order valence-corrected chi connectivity index (χ1v) is 11.7. The third kappa shape index (κ3) is 4.02. The van der Waals surface area contributed by atoms with Gasteiger partial charge in [-0.15, -0.1) is 0 Å². The summed E-state index contributed by atoms with van der Waals surface area (Å²) in [6.07, 6.45) is 0.413. The Balaban J connectivity index is 1.21. The molecule has 2 aliphatic heterocycles. The predicted molar refractivity (Wildman–Crippen MR) is 122 cm³/mol. The molecule has 3 aliphatic rings. The number of nitrogens with one attached hydrogen (secondary N) is 1. The maximum atomic E-state index is 14.8. The first-order chi connectivity index (χ1) is 16.7. The van der Waals surface area contributed by atoms with Crippen LogP contribution in [0.3, 0.4) is 0 Å². The van der Waals surface area contributed by atoms with Crippen LogP contribution >= 0.6 is 0 Å². The zero-order chi connectivity index (χ0) is 24.8. The molecule has 1 aliphatic carbocycles. The van der Waals surface area contributed by atoms with Gasteiger partial charge in [-0.1, -0.05) is 48.5 Å². The zero-order valence-corrected chi connectivity index (χ0v) is 19.0. The number of nitrogens with zero attached hydrogens (tertiary/aromatic N) is 1. The number of ether oxygens (including phenoxy) is 1. The number of carboxylic acid groups (broad SMARTS) is 1. The van der Waals surface area contributed by atoms with Gasteiger partial charge in [0.1, 0.15) is 6.61 Å². The molecule has 0 atom stereocenters. The van der Waals surface area contributed by atoms with E-state index >= 15 is 0 Å². The van der Waals surface area contributed by atoms with Crippen LogP contribution in [0, 0.1) is 0 Å². The van der Waals surface area contributed by atoms with Crippen LogP contribution in [0.15, 0.2) is 48.5 Å². The molecular weight excluding hydrogens is 458 g/mol. The van der Waals surface area contributed by atoms with Gasteiger partial charge in [-0.3, -0.25) is 9.59 Å². The van der Waals surface area contributed by atoms with Crippen molar-refractivity contribution < 1.29 is 33.0 Å². The number of alkyl halides is 2. The van der Waals surface area contributed by atoms with E-state index in [0.717, 1.165) is 27.2 Å². The molecule has 2 aromatic rings. The van der Waals surface area contributed by atoms with Crippen molar-refractivity contribution in [2.75, 3.05) is 13.2 Å². The third-order valence-corrected chi connectivity index (χ3v) is 7.57. The van der Waals surface area contributed by atoms with Crippen molar-refractivity contribution in [3.63, 3.8) is 0 Å². The maximum absolute atomic E-state index is 14.8.